The molecule has 1 rings (SSSR count). The van der Waals surface area contributed by atoms with Crippen LogP contribution in [0.2, 0.25) is 0 Å². The molecule has 14 heavy (non-hydrogen) atoms. The van der Waals surface area contributed by atoms with Gasteiger partial charge in [0, 0.05) is 12.6 Å². The Morgan fingerprint density at radius 3 is 2.86 bits per heavy atom. The molecule has 0 aliphatic carbocycles. The van der Waals surface area contributed by atoms with Crippen molar-refractivity contribution in [3.05, 3.63) is 0 Å². The number of aliphatic hydroxyl groups is 1. The van der Waals surface area contributed by atoms with Crippen molar-refractivity contribution in [2.24, 2.45) is 5.92 Å². The van der Waals surface area contributed by atoms with Gasteiger partial charge in [-0.25, -0.2) is 0 Å². The first kappa shape index (κ1) is 12.0. The molecular weight excluding hydrogens is 178 g/mol. The van der Waals surface area contributed by atoms with Crippen molar-refractivity contribution in [3.8, 4) is 0 Å². The molecule has 1 saturated heterocycles. The lowest BCUT2D eigenvalue weighted by Crippen LogP contribution is -2.43. The van der Waals surface area contributed by atoms with Gasteiger partial charge in [0.2, 0.25) is 0 Å². The normalized spacial score (nSPS) is 29.4. The molecule has 0 aromatic heterocycles. The van der Waals surface area contributed by atoms with E-state index in [1.54, 1.807) is 0 Å². The molecule has 1 heterocycles. The maximum absolute atomic E-state index is 8.56. The second-order valence-electron chi connectivity index (χ2n) is 4.23. The number of aliphatic hydroxyl groups excluding tert-OH is 1. The molecule has 0 aromatic rings. The molecule has 1 aliphatic heterocycles. The Balaban J connectivity index is 2.15. The number of rotatable bonds is 5. The molecule has 0 aromatic carbocycles. The maximum atomic E-state index is 8.56. The second kappa shape index (κ2) is 6.38. The predicted molar refractivity (Wildman–Crippen MR) is 57.3 cm³/mol. The molecule has 3 nitrogen and oxygen atoms in total. The van der Waals surface area contributed by atoms with Crippen LogP contribution in [0.5, 0.6) is 0 Å². The fourth-order valence-electron chi connectivity index (χ4n) is 2.08. The van der Waals surface area contributed by atoms with E-state index in [1.165, 1.54) is 19.4 Å². The van der Waals surface area contributed by atoms with Gasteiger partial charge >= 0.3 is 0 Å². The van der Waals surface area contributed by atoms with Crippen LogP contribution in [-0.4, -0.2) is 49.0 Å². The summed E-state index contributed by atoms with van der Waals surface area (Å²) in [6.45, 7) is 8.18. The lowest BCUT2D eigenvalue weighted by Gasteiger charge is -2.37. The van der Waals surface area contributed by atoms with Gasteiger partial charge in [0.15, 0.2) is 0 Å². The minimum Gasteiger partial charge on any atom is -0.394 e. The Kier molecular flexibility index (Phi) is 5.45. The molecule has 3 heteroatoms. The first-order valence-electron chi connectivity index (χ1n) is 5.68. The minimum atomic E-state index is 0.131. The van der Waals surface area contributed by atoms with Crippen molar-refractivity contribution < 1.29 is 9.84 Å². The van der Waals surface area contributed by atoms with Gasteiger partial charge in [0.25, 0.3) is 0 Å². The van der Waals surface area contributed by atoms with E-state index >= 15 is 0 Å². The van der Waals surface area contributed by atoms with E-state index < -0.39 is 0 Å². The highest BCUT2D eigenvalue weighted by Crippen LogP contribution is 2.22. The Morgan fingerprint density at radius 1 is 1.36 bits per heavy atom. The summed E-state index contributed by atoms with van der Waals surface area (Å²) in [5.41, 5.74) is 0. The van der Waals surface area contributed by atoms with E-state index in [9.17, 15) is 0 Å². The van der Waals surface area contributed by atoms with Crippen LogP contribution >= 0.6 is 0 Å². The highest BCUT2D eigenvalue weighted by molar-refractivity contribution is 4.78. The monoisotopic (exact) mass is 201 g/mol. The first-order chi connectivity index (χ1) is 6.75. The molecule has 0 radical (unpaired) electrons. The van der Waals surface area contributed by atoms with Crippen LogP contribution in [0, 0.1) is 5.92 Å². The highest BCUT2D eigenvalue weighted by Gasteiger charge is 2.23. The van der Waals surface area contributed by atoms with E-state index in [1.807, 2.05) is 0 Å². The van der Waals surface area contributed by atoms with Crippen molar-refractivity contribution in [3.63, 3.8) is 0 Å². The third-order valence-electron chi connectivity index (χ3n) is 3.26. The van der Waals surface area contributed by atoms with Crippen molar-refractivity contribution in [2.75, 3.05) is 32.9 Å². The number of nitrogens with zero attached hydrogens (tertiary/aromatic N) is 1. The Bertz CT molecular complexity index is 152. The summed E-state index contributed by atoms with van der Waals surface area (Å²) in [5, 5.41) is 8.56. The highest BCUT2D eigenvalue weighted by atomic mass is 16.5. The van der Waals surface area contributed by atoms with E-state index in [2.05, 4.69) is 18.7 Å². The van der Waals surface area contributed by atoms with Gasteiger partial charge in [-0.15, -0.1) is 0 Å². The summed E-state index contributed by atoms with van der Waals surface area (Å²) < 4.78 is 5.28. The molecule has 84 valence electrons. The zero-order valence-corrected chi connectivity index (χ0v) is 9.41. The van der Waals surface area contributed by atoms with Gasteiger partial charge in [-0.1, -0.05) is 6.92 Å². The Morgan fingerprint density at radius 2 is 2.14 bits per heavy atom. The smallest absolute Gasteiger partial charge is 0.0698 e. The molecule has 2 atom stereocenters. The average Bonchev–Trinajstić information content (AvgIpc) is 2.19. The van der Waals surface area contributed by atoms with Gasteiger partial charge in [0.1, 0.15) is 0 Å². The van der Waals surface area contributed by atoms with Crippen molar-refractivity contribution in [1.29, 1.82) is 0 Å². The molecule has 2 unspecified atom stereocenters. The quantitative estimate of drug-likeness (QED) is 0.676. The molecule has 1 fully saturated rings. The minimum absolute atomic E-state index is 0.131. The Hall–Kier alpha value is -0.120. The number of ether oxygens (including phenoxy) is 1. The molecule has 0 amide bonds. The maximum Gasteiger partial charge on any atom is 0.0698 e. The predicted octanol–water partition coefficient (Wildman–Crippen LogP) is 1.12. The van der Waals surface area contributed by atoms with Crippen molar-refractivity contribution in [2.45, 2.75) is 32.7 Å². The zero-order chi connectivity index (χ0) is 10.4. The first-order valence-corrected chi connectivity index (χ1v) is 5.68. The SMILES string of the molecule is CC1CCCN(CCOCCO)C1C. The molecule has 0 spiro atoms. The number of hydrogen-bond donors (Lipinski definition) is 1. The summed E-state index contributed by atoms with van der Waals surface area (Å²) in [7, 11) is 0. The molecule has 1 aliphatic rings. The fourth-order valence-corrected chi connectivity index (χ4v) is 2.08. The van der Waals surface area contributed by atoms with Crippen molar-refractivity contribution in [1.82, 2.24) is 4.90 Å². The van der Waals surface area contributed by atoms with Crippen molar-refractivity contribution >= 4 is 0 Å². The van der Waals surface area contributed by atoms with Crippen LogP contribution in [0.15, 0.2) is 0 Å². The van der Waals surface area contributed by atoms with Gasteiger partial charge in [-0.05, 0) is 32.2 Å². The standard InChI is InChI=1S/C11H23NO2/c1-10-4-3-5-12(11(10)2)6-8-14-9-7-13/h10-11,13H,3-9H2,1-2H3. The van der Waals surface area contributed by atoms with Crippen LogP contribution < -0.4 is 0 Å². The summed E-state index contributed by atoms with van der Waals surface area (Å²) in [6.07, 6.45) is 2.67. The third kappa shape index (κ3) is 3.56. The van der Waals surface area contributed by atoms with Crippen LogP contribution in [0.25, 0.3) is 0 Å². The summed E-state index contributed by atoms with van der Waals surface area (Å²) in [4.78, 5) is 2.49. The molecular formula is C11H23NO2. The van der Waals surface area contributed by atoms with Crippen LogP contribution in [0.3, 0.4) is 0 Å². The van der Waals surface area contributed by atoms with E-state index in [0.29, 0.717) is 12.6 Å². The number of piperidine rings is 1. The second-order valence-corrected chi connectivity index (χ2v) is 4.23. The van der Waals surface area contributed by atoms with Gasteiger partial charge in [-0.3, -0.25) is 4.90 Å². The Labute approximate surface area is 87.1 Å². The van der Waals surface area contributed by atoms with Crippen LogP contribution in [-0.2, 0) is 4.74 Å². The zero-order valence-electron chi connectivity index (χ0n) is 9.41. The average molecular weight is 201 g/mol. The summed E-state index contributed by atoms with van der Waals surface area (Å²) >= 11 is 0. The number of likely N-dealkylation sites (tertiary alicyclic amines) is 1. The van der Waals surface area contributed by atoms with E-state index in [4.69, 9.17) is 9.84 Å². The summed E-state index contributed by atoms with van der Waals surface area (Å²) in [5.74, 6) is 0.807. The van der Waals surface area contributed by atoms with E-state index in [-0.39, 0.29) is 6.61 Å². The number of hydrogen-bond acceptors (Lipinski definition) is 3. The summed E-state index contributed by atoms with van der Waals surface area (Å²) in [6, 6.07) is 0.682. The van der Waals surface area contributed by atoms with Gasteiger partial charge in [0.05, 0.1) is 19.8 Å². The van der Waals surface area contributed by atoms with Crippen LogP contribution in [0.4, 0.5) is 0 Å². The van der Waals surface area contributed by atoms with Gasteiger partial charge in [-0.2, -0.15) is 0 Å². The lowest BCUT2D eigenvalue weighted by molar-refractivity contribution is 0.0442. The third-order valence-corrected chi connectivity index (χ3v) is 3.26. The molecule has 0 bridgehead atoms. The van der Waals surface area contributed by atoms with E-state index in [0.717, 1.165) is 19.1 Å². The molecule has 0 saturated carbocycles. The van der Waals surface area contributed by atoms with Crippen LogP contribution in [0.1, 0.15) is 26.7 Å². The van der Waals surface area contributed by atoms with Gasteiger partial charge < -0.3 is 9.84 Å². The largest absolute Gasteiger partial charge is 0.394 e. The fraction of sp³-hybridized carbons (Fsp3) is 1.00. The lowest BCUT2D eigenvalue weighted by atomic mass is 9.92. The molecule has 1 N–H and O–H groups in total. The topological polar surface area (TPSA) is 32.7 Å².